The Bertz CT molecular complexity index is 1610. The molecule has 1 aliphatic rings. The summed E-state index contributed by atoms with van der Waals surface area (Å²) in [6, 6.07) is 17.4. The van der Waals surface area contributed by atoms with Gasteiger partial charge in [-0.15, -0.1) is 0 Å². The van der Waals surface area contributed by atoms with Crippen LogP contribution in [0.5, 0.6) is 0 Å². The van der Waals surface area contributed by atoms with Gasteiger partial charge >= 0.3 is 6.09 Å². The van der Waals surface area contributed by atoms with Crippen molar-refractivity contribution in [3.63, 3.8) is 0 Å². The Labute approximate surface area is 229 Å². The maximum absolute atomic E-state index is 13.6. The summed E-state index contributed by atoms with van der Waals surface area (Å²) in [7, 11) is -1.47. The maximum atomic E-state index is 13.6. The quantitative estimate of drug-likeness (QED) is 0.298. The number of amides is 1. The van der Waals surface area contributed by atoms with Gasteiger partial charge in [0.15, 0.2) is 0 Å². The van der Waals surface area contributed by atoms with Crippen LogP contribution in [0.4, 0.5) is 4.79 Å². The van der Waals surface area contributed by atoms with E-state index in [4.69, 9.17) is 9.15 Å². The van der Waals surface area contributed by atoms with Crippen molar-refractivity contribution in [3.05, 3.63) is 70.5 Å². The molecule has 1 atom stereocenters. The first kappa shape index (κ1) is 26.9. The largest absolute Gasteiger partial charge is 0.444 e. The average molecular weight is 548 g/mol. The lowest BCUT2D eigenvalue weighted by molar-refractivity contribution is 0.0377. The van der Waals surface area contributed by atoms with Gasteiger partial charge in [0.1, 0.15) is 16.7 Å². The van der Waals surface area contributed by atoms with Crippen LogP contribution >= 0.6 is 0 Å². The van der Waals surface area contributed by atoms with E-state index in [9.17, 15) is 13.8 Å². The van der Waals surface area contributed by atoms with Crippen molar-refractivity contribution in [2.75, 3.05) is 6.26 Å². The summed E-state index contributed by atoms with van der Waals surface area (Å²) in [5, 5.41) is 3.64. The van der Waals surface area contributed by atoms with Gasteiger partial charge in [0.25, 0.3) is 5.56 Å². The van der Waals surface area contributed by atoms with E-state index in [2.05, 4.69) is 10.3 Å². The minimum absolute atomic E-state index is 0.162. The monoisotopic (exact) mass is 547 g/mol. The highest BCUT2D eigenvalue weighted by Crippen LogP contribution is 2.43. The second kappa shape index (κ2) is 10.1. The molecule has 2 aromatic heterocycles. The fourth-order valence-electron chi connectivity index (χ4n) is 5.10. The van der Waals surface area contributed by atoms with E-state index in [0.29, 0.717) is 23.3 Å². The highest BCUT2D eigenvalue weighted by atomic mass is 32.2. The standard InChI is InChI=1S/C30H33N3O5S/c1-6-33-26(34)23-22(19-11-8-7-9-12-19)24(37-25(23)31-27(33)39(5)36)20-13-15-21(16-14-20)30(17-10-18-30)32-28(35)38-29(2,3)4/h7-9,11-16H,6,10,17-18H2,1-5H3,(H,32,35). The van der Waals surface area contributed by atoms with Crippen LogP contribution in [0.3, 0.4) is 0 Å². The number of nitrogens with one attached hydrogen (secondary N) is 1. The molecule has 4 aromatic rings. The number of nitrogens with zero attached hydrogens (tertiary/aromatic N) is 2. The van der Waals surface area contributed by atoms with Crippen LogP contribution in [0, 0.1) is 0 Å². The minimum Gasteiger partial charge on any atom is -0.444 e. The summed E-state index contributed by atoms with van der Waals surface area (Å²) in [6.07, 6.45) is 3.72. The molecule has 5 rings (SSSR count). The molecular formula is C30H33N3O5S. The van der Waals surface area contributed by atoms with Gasteiger partial charge in [0.05, 0.1) is 16.3 Å². The van der Waals surface area contributed by atoms with Gasteiger partial charge in [0, 0.05) is 23.9 Å². The number of aromatic nitrogens is 2. The Balaban J connectivity index is 1.61. The number of ether oxygens (including phenoxy) is 1. The van der Waals surface area contributed by atoms with Crippen LogP contribution < -0.4 is 10.9 Å². The molecular weight excluding hydrogens is 514 g/mol. The highest BCUT2D eigenvalue weighted by Gasteiger charge is 2.41. The molecule has 1 N–H and O–H groups in total. The summed E-state index contributed by atoms with van der Waals surface area (Å²) in [4.78, 5) is 30.7. The van der Waals surface area contributed by atoms with Gasteiger partial charge in [-0.05, 0) is 58.1 Å². The van der Waals surface area contributed by atoms with Crippen molar-refractivity contribution in [1.29, 1.82) is 0 Å². The van der Waals surface area contributed by atoms with Crippen molar-refractivity contribution in [3.8, 4) is 22.5 Å². The third kappa shape index (κ3) is 5.03. The molecule has 0 bridgehead atoms. The van der Waals surface area contributed by atoms with Gasteiger partial charge in [-0.25, -0.2) is 4.79 Å². The second-order valence-corrected chi connectivity index (χ2v) is 12.2. The Morgan fingerprint density at radius 1 is 1.10 bits per heavy atom. The fourth-order valence-corrected chi connectivity index (χ4v) is 5.84. The zero-order chi connectivity index (χ0) is 27.9. The van der Waals surface area contributed by atoms with E-state index >= 15 is 0 Å². The van der Waals surface area contributed by atoms with Gasteiger partial charge < -0.3 is 14.5 Å². The summed E-state index contributed by atoms with van der Waals surface area (Å²) in [6.45, 7) is 7.70. The number of carbonyl (C=O) groups excluding carboxylic acids is 1. The van der Waals surface area contributed by atoms with Crippen molar-refractivity contribution >= 4 is 28.0 Å². The van der Waals surface area contributed by atoms with Crippen LogP contribution in [-0.4, -0.2) is 31.7 Å². The van der Waals surface area contributed by atoms with Crippen LogP contribution in [0.25, 0.3) is 33.6 Å². The molecule has 39 heavy (non-hydrogen) atoms. The third-order valence-corrected chi connectivity index (χ3v) is 7.89. The van der Waals surface area contributed by atoms with Crippen LogP contribution in [0.1, 0.15) is 52.5 Å². The number of rotatable bonds is 6. The van der Waals surface area contributed by atoms with Crippen LogP contribution in [0.2, 0.25) is 0 Å². The molecule has 2 heterocycles. The second-order valence-electron chi connectivity index (χ2n) is 10.9. The lowest BCUT2D eigenvalue weighted by Gasteiger charge is -2.43. The summed E-state index contributed by atoms with van der Waals surface area (Å²) in [5.74, 6) is 0.511. The SMILES string of the molecule is CCn1c(S(C)=O)nc2oc(-c3ccc(C4(NC(=O)OC(C)(C)C)CCC4)cc3)c(-c3ccccc3)c2c1=O. The summed E-state index contributed by atoms with van der Waals surface area (Å²) < 4.78 is 25.6. The number of fused-ring (bicyclic) bond motifs is 1. The number of hydrogen-bond acceptors (Lipinski definition) is 6. The molecule has 1 amide bonds. The Morgan fingerprint density at radius 2 is 1.77 bits per heavy atom. The number of alkyl carbamates (subject to hydrolysis) is 1. The number of benzene rings is 2. The topological polar surface area (TPSA) is 103 Å². The van der Waals surface area contributed by atoms with Crippen molar-refractivity contribution in [1.82, 2.24) is 14.9 Å². The third-order valence-electron chi connectivity index (χ3n) is 7.06. The lowest BCUT2D eigenvalue weighted by Crippen LogP contribution is -2.52. The molecule has 2 aromatic carbocycles. The lowest BCUT2D eigenvalue weighted by atomic mass is 9.71. The Morgan fingerprint density at radius 3 is 2.31 bits per heavy atom. The zero-order valence-electron chi connectivity index (χ0n) is 22.9. The zero-order valence-corrected chi connectivity index (χ0v) is 23.7. The maximum Gasteiger partial charge on any atom is 0.408 e. The van der Waals surface area contributed by atoms with Crippen LogP contribution in [-0.2, 0) is 27.6 Å². The molecule has 0 saturated heterocycles. The van der Waals surface area contributed by atoms with E-state index in [1.165, 1.54) is 10.8 Å². The molecule has 1 aliphatic carbocycles. The molecule has 9 heteroatoms. The van der Waals surface area contributed by atoms with E-state index in [0.717, 1.165) is 36.0 Å². The molecule has 0 radical (unpaired) electrons. The molecule has 1 fully saturated rings. The van der Waals surface area contributed by atoms with E-state index in [1.54, 1.807) is 0 Å². The first-order valence-corrected chi connectivity index (χ1v) is 14.7. The smallest absolute Gasteiger partial charge is 0.408 e. The minimum atomic E-state index is -1.47. The highest BCUT2D eigenvalue weighted by molar-refractivity contribution is 7.84. The summed E-state index contributed by atoms with van der Waals surface area (Å²) in [5.41, 5.74) is 2.04. The van der Waals surface area contributed by atoms with E-state index in [-0.39, 0.29) is 16.4 Å². The summed E-state index contributed by atoms with van der Waals surface area (Å²) >= 11 is 0. The van der Waals surface area contributed by atoms with Gasteiger partial charge in [-0.1, -0.05) is 54.6 Å². The molecule has 0 aliphatic heterocycles. The average Bonchev–Trinajstić information content (AvgIpc) is 3.25. The predicted molar refractivity (Wildman–Crippen MR) is 152 cm³/mol. The predicted octanol–water partition coefficient (Wildman–Crippen LogP) is 5.98. The molecule has 0 spiro atoms. The molecule has 1 saturated carbocycles. The first-order valence-electron chi connectivity index (χ1n) is 13.1. The van der Waals surface area contributed by atoms with Gasteiger partial charge in [0.2, 0.25) is 10.9 Å². The fraction of sp³-hybridized carbons (Fsp3) is 0.367. The molecule has 1 unspecified atom stereocenters. The normalized spacial score (nSPS) is 15.5. The van der Waals surface area contributed by atoms with Crippen molar-refractivity contribution < 1.29 is 18.2 Å². The Kier molecular flexibility index (Phi) is 6.97. The van der Waals surface area contributed by atoms with E-state index < -0.39 is 28.0 Å². The number of furan rings is 1. The van der Waals surface area contributed by atoms with Gasteiger partial charge in [-0.2, -0.15) is 4.98 Å². The van der Waals surface area contributed by atoms with Crippen molar-refractivity contribution in [2.45, 2.75) is 69.8 Å². The number of carbonyl (C=O) groups is 1. The van der Waals surface area contributed by atoms with E-state index in [1.807, 2.05) is 82.3 Å². The molecule has 8 nitrogen and oxygen atoms in total. The first-order chi connectivity index (χ1) is 18.5. The van der Waals surface area contributed by atoms with Crippen molar-refractivity contribution in [2.24, 2.45) is 0 Å². The Hall–Kier alpha value is -3.72. The number of hydrogen-bond donors (Lipinski definition) is 1. The van der Waals surface area contributed by atoms with Crippen LogP contribution in [0.15, 0.2) is 69.0 Å². The van der Waals surface area contributed by atoms with Gasteiger partial charge in [-0.3, -0.25) is 13.6 Å². The molecule has 204 valence electrons.